The molecule has 4 aromatic rings. The van der Waals surface area contributed by atoms with Crippen molar-refractivity contribution in [3.8, 4) is 5.75 Å². The highest BCUT2D eigenvalue weighted by molar-refractivity contribution is 5.94. The molecular weight excluding hydrogens is 380 g/mol. The molecule has 0 fully saturated rings. The second-order valence-electron chi connectivity index (χ2n) is 8.15. The first-order chi connectivity index (χ1) is 15.2. The highest BCUT2D eigenvalue weighted by atomic mass is 16.3. The van der Waals surface area contributed by atoms with Gasteiger partial charge in [0.25, 0.3) is 0 Å². The number of aryl methyl sites for hydroxylation is 1. The van der Waals surface area contributed by atoms with Crippen LogP contribution in [0.3, 0.4) is 0 Å². The van der Waals surface area contributed by atoms with Gasteiger partial charge in [-0.2, -0.15) is 0 Å². The highest BCUT2D eigenvalue weighted by Crippen LogP contribution is 2.39. The van der Waals surface area contributed by atoms with Crippen LogP contribution in [0.2, 0.25) is 0 Å². The van der Waals surface area contributed by atoms with Gasteiger partial charge in [0.15, 0.2) is 6.29 Å². The maximum absolute atomic E-state index is 10.5. The zero-order valence-electron chi connectivity index (χ0n) is 17.3. The van der Waals surface area contributed by atoms with Crippen molar-refractivity contribution in [2.24, 2.45) is 0 Å². The van der Waals surface area contributed by atoms with E-state index in [9.17, 15) is 9.90 Å². The lowest BCUT2D eigenvalue weighted by Gasteiger charge is -2.25. The Hall–Kier alpha value is -3.65. The number of aromatic hydroxyl groups is 1. The Balaban J connectivity index is 0.000000140. The van der Waals surface area contributed by atoms with Crippen molar-refractivity contribution < 1.29 is 9.90 Å². The van der Waals surface area contributed by atoms with E-state index in [0.717, 1.165) is 10.8 Å². The minimum atomic E-state index is 0.0358. The summed E-state index contributed by atoms with van der Waals surface area (Å²) in [7, 11) is 0. The van der Waals surface area contributed by atoms with Gasteiger partial charge in [-0.25, -0.2) is 0 Å². The number of carbonyl (C=O) groups is 1. The highest BCUT2D eigenvalue weighted by Gasteiger charge is 2.20. The van der Waals surface area contributed by atoms with Gasteiger partial charge >= 0.3 is 0 Å². The van der Waals surface area contributed by atoms with Gasteiger partial charge in [-0.15, -0.1) is 0 Å². The average Bonchev–Trinajstić information content (AvgIpc) is 2.83. The van der Waals surface area contributed by atoms with Crippen molar-refractivity contribution in [1.29, 1.82) is 0 Å². The summed E-state index contributed by atoms with van der Waals surface area (Å²) in [6.45, 7) is 0. The molecule has 0 atom stereocenters. The maximum Gasteiger partial charge on any atom is 0.153 e. The topological polar surface area (TPSA) is 37.3 Å². The smallest absolute Gasteiger partial charge is 0.153 e. The normalized spacial score (nSPS) is 14.6. The Morgan fingerprint density at radius 2 is 1.52 bits per heavy atom. The fourth-order valence-electron chi connectivity index (χ4n) is 4.72. The number of phenolic OH excluding ortho intramolecular Hbond substituents is 1. The third-order valence-corrected chi connectivity index (χ3v) is 6.31. The molecule has 0 bridgehead atoms. The van der Waals surface area contributed by atoms with Gasteiger partial charge in [0.05, 0.1) is 5.56 Å². The van der Waals surface area contributed by atoms with E-state index < -0.39 is 0 Å². The number of fused-ring (bicyclic) bond motifs is 5. The summed E-state index contributed by atoms with van der Waals surface area (Å²) >= 11 is 0. The van der Waals surface area contributed by atoms with Gasteiger partial charge in [0, 0.05) is 0 Å². The van der Waals surface area contributed by atoms with E-state index in [-0.39, 0.29) is 5.75 Å². The van der Waals surface area contributed by atoms with Gasteiger partial charge < -0.3 is 5.11 Å². The van der Waals surface area contributed by atoms with Crippen LogP contribution in [0.15, 0.2) is 90.5 Å². The molecule has 0 aliphatic heterocycles. The molecule has 0 amide bonds. The number of aldehydes is 1. The van der Waals surface area contributed by atoms with Crippen LogP contribution >= 0.6 is 0 Å². The second-order valence-corrected chi connectivity index (χ2v) is 8.15. The summed E-state index contributed by atoms with van der Waals surface area (Å²) in [5, 5.41) is 14.1. The third kappa shape index (κ3) is 3.66. The lowest BCUT2D eigenvalue weighted by Crippen LogP contribution is -2.06. The molecule has 0 radical (unpaired) electrons. The number of carbonyl (C=O) groups excluding carboxylic acids is 1. The van der Waals surface area contributed by atoms with Crippen LogP contribution in [0.5, 0.6) is 5.75 Å². The lowest BCUT2D eigenvalue weighted by molar-refractivity contribution is 0.112. The number of allylic oxidation sites excluding steroid dienone is 4. The molecule has 0 aromatic heterocycles. The van der Waals surface area contributed by atoms with Crippen LogP contribution in [0.25, 0.3) is 27.1 Å². The van der Waals surface area contributed by atoms with Crippen molar-refractivity contribution >= 4 is 33.4 Å². The molecular formula is C29H24O2. The van der Waals surface area contributed by atoms with Gasteiger partial charge in [0.1, 0.15) is 5.75 Å². The van der Waals surface area contributed by atoms with E-state index in [2.05, 4.69) is 48.6 Å². The molecule has 2 aliphatic carbocycles. The fourth-order valence-corrected chi connectivity index (χ4v) is 4.72. The Kier molecular flexibility index (Phi) is 5.13. The summed E-state index contributed by atoms with van der Waals surface area (Å²) in [6.07, 6.45) is 10.3. The zero-order chi connectivity index (χ0) is 21.2. The minimum absolute atomic E-state index is 0.0358. The van der Waals surface area contributed by atoms with E-state index >= 15 is 0 Å². The molecule has 0 unspecified atom stereocenters. The minimum Gasteiger partial charge on any atom is -0.507 e. The Bertz CT molecular complexity index is 1360. The van der Waals surface area contributed by atoms with Gasteiger partial charge in [-0.3, -0.25) is 4.79 Å². The summed E-state index contributed by atoms with van der Waals surface area (Å²) in [4.78, 5) is 10.5. The number of benzene rings is 4. The molecule has 2 aliphatic rings. The fraction of sp³-hybridized carbons (Fsp3) is 0.138. The molecule has 4 aromatic carbocycles. The van der Waals surface area contributed by atoms with Crippen molar-refractivity contribution in [2.75, 3.05) is 0 Å². The molecule has 2 heteroatoms. The van der Waals surface area contributed by atoms with Crippen LogP contribution < -0.4 is 0 Å². The van der Waals surface area contributed by atoms with E-state index in [1.54, 1.807) is 23.3 Å². The van der Waals surface area contributed by atoms with Crippen LogP contribution in [-0.4, -0.2) is 11.4 Å². The predicted octanol–water partition coefficient (Wildman–Crippen LogP) is 7.25. The SMILES string of the molecule is C1=CC2=C(CC1)CCc1c2ccc2ccccc12.O=Cc1cc2ccccc2cc1O. The average molecular weight is 405 g/mol. The Morgan fingerprint density at radius 3 is 2.32 bits per heavy atom. The van der Waals surface area contributed by atoms with Crippen molar-refractivity contribution in [3.05, 3.63) is 107 Å². The molecule has 31 heavy (non-hydrogen) atoms. The van der Waals surface area contributed by atoms with E-state index in [1.807, 2.05) is 24.3 Å². The molecule has 152 valence electrons. The molecule has 2 nitrogen and oxygen atoms in total. The number of hydrogen-bond donors (Lipinski definition) is 1. The molecule has 0 spiro atoms. The van der Waals surface area contributed by atoms with E-state index in [0.29, 0.717) is 11.8 Å². The summed E-state index contributed by atoms with van der Waals surface area (Å²) in [5.41, 5.74) is 6.54. The van der Waals surface area contributed by atoms with Gasteiger partial charge in [0.2, 0.25) is 0 Å². The van der Waals surface area contributed by atoms with E-state index in [1.165, 1.54) is 47.6 Å². The number of hydrogen-bond acceptors (Lipinski definition) is 2. The van der Waals surface area contributed by atoms with Crippen LogP contribution in [0.1, 0.15) is 40.7 Å². The monoisotopic (exact) mass is 404 g/mol. The summed E-state index contributed by atoms with van der Waals surface area (Å²) in [5.74, 6) is 0.0358. The van der Waals surface area contributed by atoms with Crippen LogP contribution in [0.4, 0.5) is 0 Å². The van der Waals surface area contributed by atoms with Crippen molar-refractivity contribution in [3.63, 3.8) is 0 Å². The largest absolute Gasteiger partial charge is 0.507 e. The standard InChI is InChI=1S/C18H16.C11H8O2/c1-3-7-15-13(5-1)9-11-18-16-8-4-2-6-14(16)10-12-17(15)18;12-7-10-5-8-3-1-2-4-9(8)6-11(10)13/h1,3-5,7-9,11H,2,6,10,12H2;1-7,13H. The molecule has 0 saturated carbocycles. The molecule has 6 rings (SSSR count). The van der Waals surface area contributed by atoms with Gasteiger partial charge in [-0.05, 0) is 76.1 Å². The molecule has 1 N–H and O–H groups in total. The Labute approximate surface area is 182 Å². The third-order valence-electron chi connectivity index (χ3n) is 6.31. The first kappa shape index (κ1) is 19.3. The van der Waals surface area contributed by atoms with Crippen molar-refractivity contribution in [2.45, 2.75) is 25.7 Å². The first-order valence-electron chi connectivity index (χ1n) is 10.8. The quantitative estimate of drug-likeness (QED) is 0.339. The first-order valence-corrected chi connectivity index (χ1v) is 10.8. The van der Waals surface area contributed by atoms with E-state index in [4.69, 9.17) is 0 Å². The summed E-state index contributed by atoms with van der Waals surface area (Å²) < 4.78 is 0. The van der Waals surface area contributed by atoms with Crippen LogP contribution in [0, 0.1) is 0 Å². The maximum atomic E-state index is 10.5. The lowest BCUT2D eigenvalue weighted by atomic mass is 9.80. The van der Waals surface area contributed by atoms with Crippen molar-refractivity contribution in [1.82, 2.24) is 0 Å². The van der Waals surface area contributed by atoms with Gasteiger partial charge in [-0.1, -0.05) is 78.4 Å². The zero-order valence-corrected chi connectivity index (χ0v) is 17.3. The summed E-state index contributed by atoms with van der Waals surface area (Å²) in [6, 6.07) is 24.2. The van der Waals surface area contributed by atoms with Crippen LogP contribution in [-0.2, 0) is 6.42 Å². The molecule has 0 saturated heterocycles. The second kappa shape index (κ2) is 8.23. The molecule has 0 heterocycles. The Morgan fingerprint density at radius 1 is 0.774 bits per heavy atom. The number of phenols is 1. The number of rotatable bonds is 1. The predicted molar refractivity (Wildman–Crippen MR) is 129 cm³/mol.